The molecule has 2 rings (SSSR count). The molecule has 0 amide bonds. The minimum atomic E-state index is -2.27. The van der Waals surface area contributed by atoms with Crippen molar-refractivity contribution >= 4 is 0 Å². The molecule has 0 aliphatic rings. The minimum Gasteiger partial charge on any atom is -0.241 e. The number of aryl methyl sites for hydroxylation is 1. The summed E-state index contributed by atoms with van der Waals surface area (Å²) in [4.78, 5) is 9.73. The second-order valence-corrected chi connectivity index (χ2v) is 5.98. The first-order valence-corrected chi connectivity index (χ1v) is 7.09. The van der Waals surface area contributed by atoms with Gasteiger partial charge in [-0.3, -0.25) is 0 Å². The zero-order valence-electron chi connectivity index (χ0n) is 13.1. The lowest BCUT2D eigenvalue weighted by molar-refractivity contribution is 0.306. The van der Waals surface area contributed by atoms with Gasteiger partial charge in [-0.05, 0) is 32.4 Å². The molecule has 0 spiro atoms. The van der Waals surface area contributed by atoms with E-state index in [9.17, 15) is 13.2 Å². The fourth-order valence-corrected chi connectivity index (χ4v) is 1.71. The average molecular weight is 326 g/mol. The summed E-state index contributed by atoms with van der Waals surface area (Å²) >= 11 is 0. The maximum Gasteiger partial charge on any atom is 0.301 e. The molecule has 0 bridgehead atoms. The summed E-state index contributed by atoms with van der Waals surface area (Å²) in [5.41, 5.74) is 0.320. The molecule has 0 unspecified atom stereocenters. The molecule has 0 atom stereocenters. The summed E-state index contributed by atoms with van der Waals surface area (Å²) in [5, 5.41) is 12.2. The highest BCUT2D eigenvalue weighted by molar-refractivity contribution is 5.50. The molecular weight excluding hydrogens is 309 g/mol. The number of halogens is 3. The van der Waals surface area contributed by atoms with Crippen molar-refractivity contribution in [3.63, 3.8) is 0 Å². The van der Waals surface area contributed by atoms with Gasteiger partial charge in [0.15, 0.2) is 5.83 Å². The van der Waals surface area contributed by atoms with Gasteiger partial charge in [-0.2, -0.15) is 13.6 Å². The van der Waals surface area contributed by atoms with E-state index in [0.29, 0.717) is 23.6 Å². The Bertz CT molecular complexity index is 683. The Morgan fingerprint density at radius 1 is 1.13 bits per heavy atom. The third-order valence-electron chi connectivity index (χ3n) is 2.98. The predicted molar refractivity (Wildman–Crippen MR) is 77.1 cm³/mol. The van der Waals surface area contributed by atoms with Crippen molar-refractivity contribution in [2.45, 2.75) is 45.6 Å². The van der Waals surface area contributed by atoms with Gasteiger partial charge in [0.1, 0.15) is 5.82 Å². The van der Waals surface area contributed by atoms with Crippen LogP contribution in [0.5, 0.6) is 0 Å². The van der Waals surface area contributed by atoms with Crippen molar-refractivity contribution in [2.75, 3.05) is 0 Å². The standard InChI is InChI=1S/C14H17F3N6/c1-14(2,3)23-21-13(20-22-23)9-7-18-11(19-8-9)6-4-5-10(15)12(16)17/h7-8H,4-6H2,1-3H3. The van der Waals surface area contributed by atoms with Gasteiger partial charge >= 0.3 is 6.08 Å². The van der Waals surface area contributed by atoms with Crippen molar-refractivity contribution in [1.82, 2.24) is 30.2 Å². The van der Waals surface area contributed by atoms with Crippen LogP contribution in [0.3, 0.4) is 0 Å². The maximum atomic E-state index is 12.7. The van der Waals surface area contributed by atoms with Gasteiger partial charge in [0.05, 0.1) is 11.1 Å². The van der Waals surface area contributed by atoms with E-state index in [2.05, 4.69) is 25.4 Å². The number of hydrogen-bond donors (Lipinski definition) is 0. The first-order chi connectivity index (χ1) is 10.8. The van der Waals surface area contributed by atoms with Crippen LogP contribution in [0.25, 0.3) is 11.4 Å². The van der Waals surface area contributed by atoms with Crippen molar-refractivity contribution in [3.8, 4) is 11.4 Å². The second-order valence-electron chi connectivity index (χ2n) is 5.98. The van der Waals surface area contributed by atoms with Gasteiger partial charge in [0.2, 0.25) is 5.82 Å². The van der Waals surface area contributed by atoms with Crippen LogP contribution in [-0.2, 0) is 12.0 Å². The van der Waals surface area contributed by atoms with Crippen LogP contribution in [0.15, 0.2) is 24.3 Å². The van der Waals surface area contributed by atoms with Crippen LogP contribution in [0.1, 0.15) is 39.4 Å². The summed E-state index contributed by atoms with van der Waals surface area (Å²) < 4.78 is 36.5. The van der Waals surface area contributed by atoms with Crippen LogP contribution in [0.2, 0.25) is 0 Å². The molecule has 2 aromatic rings. The van der Waals surface area contributed by atoms with E-state index in [1.165, 1.54) is 17.2 Å². The molecule has 0 radical (unpaired) electrons. The van der Waals surface area contributed by atoms with Gasteiger partial charge in [-0.25, -0.2) is 14.4 Å². The largest absolute Gasteiger partial charge is 0.301 e. The van der Waals surface area contributed by atoms with Gasteiger partial charge in [-0.15, -0.1) is 10.2 Å². The summed E-state index contributed by atoms with van der Waals surface area (Å²) in [6.45, 7) is 5.85. The summed E-state index contributed by atoms with van der Waals surface area (Å²) in [6, 6.07) is 0. The third-order valence-corrected chi connectivity index (χ3v) is 2.98. The molecule has 6 nitrogen and oxygen atoms in total. The number of tetrazole rings is 1. The van der Waals surface area contributed by atoms with Crippen molar-refractivity contribution < 1.29 is 13.2 Å². The topological polar surface area (TPSA) is 69.4 Å². The Labute approximate surface area is 131 Å². The zero-order chi connectivity index (χ0) is 17.0. The summed E-state index contributed by atoms with van der Waals surface area (Å²) in [7, 11) is 0. The van der Waals surface area contributed by atoms with Crippen LogP contribution in [0.4, 0.5) is 13.2 Å². The van der Waals surface area contributed by atoms with Gasteiger partial charge < -0.3 is 0 Å². The average Bonchev–Trinajstić information content (AvgIpc) is 2.97. The van der Waals surface area contributed by atoms with Crippen LogP contribution < -0.4 is 0 Å². The summed E-state index contributed by atoms with van der Waals surface area (Å²) in [5.74, 6) is -0.534. The summed E-state index contributed by atoms with van der Waals surface area (Å²) in [6.07, 6.45) is 0.996. The van der Waals surface area contributed by atoms with E-state index in [1.807, 2.05) is 20.8 Å². The van der Waals surface area contributed by atoms with Crippen LogP contribution in [0, 0.1) is 0 Å². The Hall–Kier alpha value is -2.32. The van der Waals surface area contributed by atoms with E-state index in [0.717, 1.165) is 0 Å². The van der Waals surface area contributed by atoms with Crippen LogP contribution in [-0.4, -0.2) is 30.2 Å². The van der Waals surface area contributed by atoms with E-state index in [-0.39, 0.29) is 18.4 Å². The predicted octanol–water partition coefficient (Wildman–Crippen LogP) is 3.29. The molecule has 23 heavy (non-hydrogen) atoms. The molecule has 0 saturated heterocycles. The van der Waals surface area contributed by atoms with E-state index >= 15 is 0 Å². The molecule has 9 heteroatoms. The van der Waals surface area contributed by atoms with Crippen molar-refractivity contribution in [3.05, 3.63) is 30.1 Å². The van der Waals surface area contributed by atoms with Crippen molar-refractivity contribution in [2.24, 2.45) is 0 Å². The quantitative estimate of drug-likeness (QED) is 0.843. The highest BCUT2D eigenvalue weighted by atomic mass is 19.3. The zero-order valence-corrected chi connectivity index (χ0v) is 13.1. The number of hydrogen-bond acceptors (Lipinski definition) is 5. The second kappa shape index (κ2) is 6.84. The highest BCUT2D eigenvalue weighted by Crippen LogP contribution is 2.17. The monoisotopic (exact) mass is 326 g/mol. The molecule has 0 aliphatic heterocycles. The lowest BCUT2D eigenvalue weighted by atomic mass is 10.1. The van der Waals surface area contributed by atoms with E-state index < -0.39 is 11.9 Å². The molecule has 0 saturated carbocycles. The molecule has 0 fully saturated rings. The maximum absolute atomic E-state index is 12.7. The first kappa shape index (κ1) is 17.0. The molecule has 0 aliphatic carbocycles. The van der Waals surface area contributed by atoms with Gasteiger partial charge in [-0.1, -0.05) is 0 Å². The Balaban J connectivity index is 2.00. The normalized spacial score (nSPS) is 11.6. The molecule has 0 aromatic carbocycles. The lowest BCUT2D eigenvalue weighted by Gasteiger charge is -2.15. The lowest BCUT2D eigenvalue weighted by Crippen LogP contribution is -2.24. The van der Waals surface area contributed by atoms with Gasteiger partial charge in [0, 0.05) is 25.2 Å². The minimum absolute atomic E-state index is 0.209. The smallest absolute Gasteiger partial charge is 0.241 e. The fourth-order valence-electron chi connectivity index (χ4n) is 1.71. The number of aromatic nitrogens is 6. The SMILES string of the molecule is CC(C)(C)n1nnc(-c2cnc(CCCC(F)=C(F)F)nc2)n1. The Morgan fingerprint density at radius 2 is 1.78 bits per heavy atom. The third kappa shape index (κ3) is 4.57. The molecular formula is C14H17F3N6. The van der Waals surface area contributed by atoms with Crippen molar-refractivity contribution in [1.29, 1.82) is 0 Å². The Kier molecular flexibility index (Phi) is 5.07. The molecule has 0 N–H and O–H groups in total. The molecule has 124 valence electrons. The molecule has 2 heterocycles. The van der Waals surface area contributed by atoms with E-state index in [1.54, 1.807) is 0 Å². The van der Waals surface area contributed by atoms with E-state index in [4.69, 9.17) is 0 Å². The van der Waals surface area contributed by atoms with Crippen LogP contribution >= 0.6 is 0 Å². The Morgan fingerprint density at radius 3 is 2.30 bits per heavy atom. The first-order valence-electron chi connectivity index (χ1n) is 7.09. The molecule has 2 aromatic heterocycles. The van der Waals surface area contributed by atoms with Gasteiger partial charge in [0.25, 0.3) is 0 Å². The number of rotatable bonds is 5. The number of allylic oxidation sites excluding steroid dienone is 1. The fraction of sp³-hybridized carbons (Fsp3) is 0.500. The highest BCUT2D eigenvalue weighted by Gasteiger charge is 2.17. The number of nitrogens with zero attached hydrogens (tertiary/aromatic N) is 6.